The van der Waals surface area contributed by atoms with Gasteiger partial charge in [-0.25, -0.2) is 0 Å². The van der Waals surface area contributed by atoms with Gasteiger partial charge in [-0.3, -0.25) is 14.4 Å². The number of benzene rings is 1. The van der Waals surface area contributed by atoms with Gasteiger partial charge in [0.1, 0.15) is 17.9 Å². The Balaban J connectivity index is 2.27. The SMILES string of the molecule is COc1ccc(NC(=O)Cn2c(C)cc(C)c(C(N)=O)c2=O)cc1Cl. The molecule has 0 spiro atoms. The minimum atomic E-state index is -0.821. The molecule has 0 saturated carbocycles. The molecule has 0 aliphatic heterocycles. The Morgan fingerprint density at radius 1 is 1.28 bits per heavy atom. The Labute approximate surface area is 149 Å². The van der Waals surface area contributed by atoms with E-state index in [9.17, 15) is 14.4 Å². The van der Waals surface area contributed by atoms with Gasteiger partial charge in [0.05, 0.1) is 12.1 Å². The monoisotopic (exact) mass is 363 g/mol. The molecule has 2 aromatic rings. The quantitative estimate of drug-likeness (QED) is 0.846. The molecule has 0 aliphatic carbocycles. The lowest BCUT2D eigenvalue weighted by atomic mass is 10.1. The minimum absolute atomic E-state index is 0.120. The van der Waals surface area contributed by atoms with Gasteiger partial charge in [0.2, 0.25) is 5.91 Å². The Bertz CT molecular complexity index is 905. The molecule has 1 aromatic carbocycles. The summed E-state index contributed by atoms with van der Waals surface area (Å²) in [5, 5.41) is 2.99. The van der Waals surface area contributed by atoms with E-state index in [1.807, 2.05) is 0 Å². The van der Waals surface area contributed by atoms with E-state index in [0.29, 0.717) is 27.7 Å². The van der Waals surface area contributed by atoms with Crippen LogP contribution in [0.1, 0.15) is 21.6 Å². The van der Waals surface area contributed by atoms with Crippen molar-refractivity contribution in [1.29, 1.82) is 0 Å². The van der Waals surface area contributed by atoms with Crippen molar-refractivity contribution >= 4 is 29.1 Å². The number of hydrogen-bond acceptors (Lipinski definition) is 4. The maximum absolute atomic E-state index is 12.4. The highest BCUT2D eigenvalue weighted by atomic mass is 35.5. The highest BCUT2D eigenvalue weighted by Crippen LogP contribution is 2.27. The van der Waals surface area contributed by atoms with Gasteiger partial charge in [-0.05, 0) is 43.7 Å². The van der Waals surface area contributed by atoms with Gasteiger partial charge in [-0.15, -0.1) is 0 Å². The van der Waals surface area contributed by atoms with Crippen molar-refractivity contribution in [2.75, 3.05) is 12.4 Å². The standard InChI is InChI=1S/C17H18ClN3O4/c1-9-6-10(2)21(17(24)15(9)16(19)23)8-14(22)20-11-4-5-13(25-3)12(18)7-11/h4-7H,8H2,1-3H3,(H2,19,23)(H,20,22). The van der Waals surface area contributed by atoms with E-state index < -0.39 is 17.4 Å². The first-order valence-corrected chi connectivity index (χ1v) is 7.76. The molecular formula is C17H18ClN3O4. The number of amides is 2. The molecule has 25 heavy (non-hydrogen) atoms. The number of aromatic nitrogens is 1. The molecule has 3 N–H and O–H groups in total. The predicted molar refractivity (Wildman–Crippen MR) is 95.3 cm³/mol. The summed E-state index contributed by atoms with van der Waals surface area (Å²) in [6.45, 7) is 3.05. The normalized spacial score (nSPS) is 10.4. The van der Waals surface area contributed by atoms with Crippen LogP contribution in [0.15, 0.2) is 29.1 Å². The number of carbonyl (C=O) groups excluding carboxylic acids is 2. The Morgan fingerprint density at radius 3 is 2.52 bits per heavy atom. The van der Waals surface area contributed by atoms with E-state index in [-0.39, 0.29) is 12.1 Å². The lowest BCUT2D eigenvalue weighted by molar-refractivity contribution is -0.116. The summed E-state index contributed by atoms with van der Waals surface area (Å²) in [6.07, 6.45) is 0. The van der Waals surface area contributed by atoms with Gasteiger partial charge in [-0.1, -0.05) is 11.6 Å². The maximum Gasteiger partial charge on any atom is 0.264 e. The Hall–Kier alpha value is -2.80. The first-order chi connectivity index (χ1) is 11.7. The lowest BCUT2D eigenvalue weighted by Gasteiger charge is -2.13. The first-order valence-electron chi connectivity index (χ1n) is 7.38. The zero-order valence-electron chi connectivity index (χ0n) is 14.1. The van der Waals surface area contributed by atoms with Crippen molar-refractivity contribution in [3.8, 4) is 5.75 Å². The van der Waals surface area contributed by atoms with Crippen molar-refractivity contribution in [2.24, 2.45) is 5.73 Å². The van der Waals surface area contributed by atoms with Crippen molar-refractivity contribution < 1.29 is 14.3 Å². The second-order valence-electron chi connectivity index (χ2n) is 5.50. The van der Waals surface area contributed by atoms with Crippen molar-refractivity contribution in [3.63, 3.8) is 0 Å². The van der Waals surface area contributed by atoms with Crippen LogP contribution in [0.5, 0.6) is 5.75 Å². The van der Waals surface area contributed by atoms with Crippen LogP contribution in [0, 0.1) is 13.8 Å². The van der Waals surface area contributed by atoms with Gasteiger partial charge >= 0.3 is 0 Å². The average molecular weight is 364 g/mol. The fourth-order valence-electron chi connectivity index (χ4n) is 2.51. The molecule has 0 atom stereocenters. The zero-order chi connectivity index (χ0) is 18.7. The third-order valence-corrected chi connectivity index (χ3v) is 3.98. The van der Waals surface area contributed by atoms with Crippen LogP contribution in [0.4, 0.5) is 5.69 Å². The molecule has 0 saturated heterocycles. The predicted octanol–water partition coefficient (Wildman–Crippen LogP) is 1.86. The second kappa shape index (κ2) is 7.40. The molecule has 7 nitrogen and oxygen atoms in total. The number of anilines is 1. The number of nitrogens with zero attached hydrogens (tertiary/aromatic N) is 1. The molecule has 8 heteroatoms. The molecular weight excluding hydrogens is 346 g/mol. The van der Waals surface area contributed by atoms with Gasteiger partial charge in [0.15, 0.2) is 0 Å². The number of pyridine rings is 1. The number of methoxy groups -OCH3 is 1. The third-order valence-electron chi connectivity index (χ3n) is 3.69. The Kier molecular flexibility index (Phi) is 5.48. The fraction of sp³-hybridized carbons (Fsp3) is 0.235. The number of nitrogens with two attached hydrogens (primary N) is 1. The molecule has 2 amide bonds. The molecule has 1 heterocycles. The van der Waals surface area contributed by atoms with E-state index >= 15 is 0 Å². The van der Waals surface area contributed by atoms with E-state index in [1.54, 1.807) is 32.0 Å². The first kappa shape index (κ1) is 18.5. The summed E-state index contributed by atoms with van der Waals surface area (Å²) in [7, 11) is 1.49. The van der Waals surface area contributed by atoms with Crippen LogP contribution in [0.25, 0.3) is 0 Å². The zero-order valence-corrected chi connectivity index (χ0v) is 14.8. The summed E-state index contributed by atoms with van der Waals surface area (Å²) in [5.41, 5.74) is 6.04. The highest BCUT2D eigenvalue weighted by molar-refractivity contribution is 6.32. The van der Waals surface area contributed by atoms with Crippen LogP contribution >= 0.6 is 11.6 Å². The van der Waals surface area contributed by atoms with Crippen molar-refractivity contribution in [2.45, 2.75) is 20.4 Å². The molecule has 1 aromatic heterocycles. The number of rotatable bonds is 5. The molecule has 0 fully saturated rings. The number of primary amides is 1. The minimum Gasteiger partial charge on any atom is -0.495 e. The smallest absolute Gasteiger partial charge is 0.264 e. The number of ether oxygens (including phenoxy) is 1. The molecule has 0 bridgehead atoms. The van der Waals surface area contributed by atoms with Gasteiger partial charge in [0, 0.05) is 11.4 Å². The average Bonchev–Trinajstić information content (AvgIpc) is 2.51. The number of hydrogen-bond donors (Lipinski definition) is 2. The molecule has 0 unspecified atom stereocenters. The van der Waals surface area contributed by atoms with Crippen molar-refractivity contribution in [3.05, 3.63) is 56.5 Å². The second-order valence-corrected chi connectivity index (χ2v) is 5.90. The topological polar surface area (TPSA) is 103 Å². The third kappa shape index (κ3) is 4.00. The van der Waals surface area contributed by atoms with Gasteiger partial charge in [-0.2, -0.15) is 0 Å². The van der Waals surface area contributed by atoms with E-state index in [1.165, 1.54) is 17.7 Å². The van der Waals surface area contributed by atoms with Gasteiger partial charge in [0.25, 0.3) is 11.5 Å². The molecule has 2 rings (SSSR count). The van der Waals surface area contributed by atoms with Crippen molar-refractivity contribution in [1.82, 2.24) is 4.57 Å². The molecule has 0 aliphatic rings. The Morgan fingerprint density at radius 2 is 1.96 bits per heavy atom. The summed E-state index contributed by atoms with van der Waals surface area (Å²) >= 11 is 6.01. The van der Waals surface area contributed by atoms with Crippen LogP contribution in [-0.4, -0.2) is 23.5 Å². The summed E-state index contributed by atoms with van der Waals surface area (Å²) in [4.78, 5) is 36.1. The molecule has 0 radical (unpaired) electrons. The van der Waals surface area contributed by atoms with Crippen LogP contribution in [0.3, 0.4) is 0 Å². The van der Waals surface area contributed by atoms with E-state index in [4.69, 9.17) is 22.1 Å². The fourth-order valence-corrected chi connectivity index (χ4v) is 2.77. The summed E-state index contributed by atoms with van der Waals surface area (Å²) in [5.74, 6) is -0.777. The van der Waals surface area contributed by atoms with Gasteiger partial charge < -0.3 is 20.4 Å². The number of aryl methyl sites for hydroxylation is 2. The highest BCUT2D eigenvalue weighted by Gasteiger charge is 2.17. The van der Waals surface area contributed by atoms with E-state index in [2.05, 4.69) is 5.32 Å². The largest absolute Gasteiger partial charge is 0.495 e. The van der Waals surface area contributed by atoms with Crippen LogP contribution in [0.2, 0.25) is 5.02 Å². The van der Waals surface area contributed by atoms with E-state index in [0.717, 1.165) is 0 Å². The maximum atomic E-state index is 12.4. The number of nitrogens with one attached hydrogen (secondary N) is 1. The van der Waals surface area contributed by atoms with Crippen LogP contribution < -0.4 is 21.3 Å². The molecule has 132 valence electrons. The number of halogens is 1. The van der Waals surface area contributed by atoms with Crippen LogP contribution in [-0.2, 0) is 11.3 Å². The number of carbonyl (C=O) groups is 2. The summed E-state index contributed by atoms with van der Waals surface area (Å²) < 4.78 is 6.25. The summed E-state index contributed by atoms with van der Waals surface area (Å²) in [6, 6.07) is 6.42. The lowest BCUT2D eigenvalue weighted by Crippen LogP contribution is -2.35.